The molecule has 132 valence electrons. The Labute approximate surface area is 154 Å². The van der Waals surface area contributed by atoms with Gasteiger partial charge in [0.1, 0.15) is 11.5 Å². The van der Waals surface area contributed by atoms with Gasteiger partial charge >= 0.3 is 0 Å². The Balaban J connectivity index is 1.72. The van der Waals surface area contributed by atoms with Crippen molar-refractivity contribution in [2.24, 2.45) is 0 Å². The Kier molecular flexibility index (Phi) is 4.76. The number of aromatic nitrogens is 5. The predicted molar refractivity (Wildman–Crippen MR) is 98.9 cm³/mol. The molecule has 0 saturated carbocycles. The van der Waals surface area contributed by atoms with Crippen molar-refractivity contribution in [1.29, 1.82) is 0 Å². The smallest absolute Gasteiger partial charge is 0.225 e. The Hall–Kier alpha value is -2.42. The average Bonchev–Trinajstić information content (AvgIpc) is 3.17. The van der Waals surface area contributed by atoms with Gasteiger partial charge in [-0.3, -0.25) is 5.10 Å². The fraction of sp³-hybridized carbons (Fsp3) is 0.375. The number of aryl methyl sites for hydroxylation is 1. The van der Waals surface area contributed by atoms with Gasteiger partial charge in [-0.1, -0.05) is 25.9 Å². The van der Waals surface area contributed by atoms with Crippen molar-refractivity contribution >= 4 is 33.5 Å². The molecular formula is C16H20BrN7O. The number of H-pyrrole nitrogens is 1. The van der Waals surface area contributed by atoms with Gasteiger partial charge in [0.2, 0.25) is 5.95 Å². The molecule has 0 spiro atoms. The maximum atomic E-state index is 5.04. The number of hydrogen-bond donors (Lipinski definition) is 3. The van der Waals surface area contributed by atoms with Gasteiger partial charge in [0.25, 0.3) is 0 Å². The zero-order valence-electron chi connectivity index (χ0n) is 14.5. The lowest BCUT2D eigenvalue weighted by Crippen LogP contribution is -2.11. The Morgan fingerprint density at radius 1 is 1.28 bits per heavy atom. The molecule has 0 aliphatic rings. The molecule has 8 nitrogen and oxygen atoms in total. The molecule has 3 N–H and O–H groups in total. The first-order valence-corrected chi connectivity index (χ1v) is 8.62. The van der Waals surface area contributed by atoms with Crippen molar-refractivity contribution in [3.63, 3.8) is 0 Å². The zero-order chi connectivity index (χ0) is 18.0. The van der Waals surface area contributed by atoms with E-state index in [1.54, 1.807) is 6.20 Å². The molecule has 0 bridgehead atoms. The van der Waals surface area contributed by atoms with E-state index >= 15 is 0 Å². The lowest BCUT2D eigenvalue weighted by molar-refractivity contribution is 0.391. The van der Waals surface area contributed by atoms with Crippen LogP contribution in [0.25, 0.3) is 0 Å². The molecule has 0 aromatic carbocycles. The lowest BCUT2D eigenvalue weighted by Gasteiger charge is -2.14. The molecule has 3 heterocycles. The molecule has 3 aromatic heterocycles. The Bertz CT molecular complexity index is 865. The monoisotopic (exact) mass is 405 g/mol. The molecule has 0 unspecified atom stereocenters. The quantitative estimate of drug-likeness (QED) is 0.590. The van der Waals surface area contributed by atoms with Gasteiger partial charge in [-0.05, 0) is 22.9 Å². The average molecular weight is 406 g/mol. The number of halogens is 1. The number of anilines is 3. The first-order valence-electron chi connectivity index (χ1n) is 7.83. The third-order valence-electron chi connectivity index (χ3n) is 3.48. The molecule has 0 aliphatic carbocycles. The molecule has 0 amide bonds. The van der Waals surface area contributed by atoms with Crippen molar-refractivity contribution in [2.45, 2.75) is 39.7 Å². The van der Waals surface area contributed by atoms with E-state index in [1.165, 1.54) is 0 Å². The van der Waals surface area contributed by atoms with Crippen LogP contribution in [0.15, 0.2) is 27.3 Å². The number of rotatable bonds is 5. The van der Waals surface area contributed by atoms with Gasteiger partial charge in [0.15, 0.2) is 11.6 Å². The predicted octanol–water partition coefficient (Wildman–Crippen LogP) is 3.91. The number of aromatic amines is 1. The first kappa shape index (κ1) is 17.4. The number of hydrogen-bond acceptors (Lipinski definition) is 7. The van der Waals surface area contributed by atoms with Gasteiger partial charge in [0.05, 0.1) is 11.0 Å². The molecule has 0 atom stereocenters. The summed E-state index contributed by atoms with van der Waals surface area (Å²) in [6.07, 6.45) is 1.68. The molecule has 3 aromatic rings. The third-order valence-corrected chi connectivity index (χ3v) is 4.06. The summed E-state index contributed by atoms with van der Waals surface area (Å²) in [5.41, 5.74) is 1.83. The zero-order valence-corrected chi connectivity index (χ0v) is 16.1. The summed E-state index contributed by atoms with van der Waals surface area (Å²) >= 11 is 3.45. The van der Waals surface area contributed by atoms with Crippen LogP contribution in [0.2, 0.25) is 0 Å². The third kappa shape index (κ3) is 4.36. The molecule has 9 heteroatoms. The van der Waals surface area contributed by atoms with Crippen molar-refractivity contribution in [3.05, 3.63) is 40.0 Å². The fourth-order valence-corrected chi connectivity index (χ4v) is 2.39. The fourth-order valence-electron chi connectivity index (χ4n) is 2.10. The number of nitrogens with zero attached hydrogens (tertiary/aromatic N) is 4. The second-order valence-corrected chi connectivity index (χ2v) is 7.57. The second kappa shape index (κ2) is 6.83. The van der Waals surface area contributed by atoms with E-state index in [2.05, 4.69) is 72.7 Å². The minimum Gasteiger partial charge on any atom is -0.361 e. The highest BCUT2D eigenvalue weighted by molar-refractivity contribution is 9.10. The summed E-state index contributed by atoms with van der Waals surface area (Å²) in [6, 6.07) is 3.84. The van der Waals surface area contributed by atoms with E-state index in [0.29, 0.717) is 24.1 Å². The van der Waals surface area contributed by atoms with E-state index < -0.39 is 0 Å². The van der Waals surface area contributed by atoms with E-state index in [9.17, 15) is 0 Å². The van der Waals surface area contributed by atoms with E-state index in [-0.39, 0.29) is 5.41 Å². The van der Waals surface area contributed by atoms with Crippen molar-refractivity contribution in [1.82, 2.24) is 25.3 Å². The molecule has 25 heavy (non-hydrogen) atoms. The summed E-state index contributed by atoms with van der Waals surface area (Å²) < 4.78 is 5.79. The summed E-state index contributed by atoms with van der Waals surface area (Å²) in [6.45, 7) is 8.70. The number of nitrogens with one attached hydrogen (secondary N) is 3. The van der Waals surface area contributed by atoms with Gasteiger partial charge in [-0.2, -0.15) is 10.1 Å². The normalized spacial score (nSPS) is 11.6. The highest BCUT2D eigenvalue weighted by Crippen LogP contribution is 2.26. The van der Waals surface area contributed by atoms with Crippen LogP contribution in [0, 0.1) is 6.92 Å². The standard InChI is InChI=1S/C16H20BrN7O/c1-9-5-10(24-25-9)7-18-15-19-8-11(17)14(21-15)20-13-6-12(22-23-13)16(2,3)4/h5-6,8H,7H2,1-4H3,(H3,18,19,20,21,22,23). The molecule has 0 aliphatic heterocycles. The van der Waals surface area contributed by atoms with Crippen LogP contribution in [0.3, 0.4) is 0 Å². The Morgan fingerprint density at radius 2 is 2.08 bits per heavy atom. The van der Waals surface area contributed by atoms with Crippen molar-refractivity contribution in [3.8, 4) is 0 Å². The lowest BCUT2D eigenvalue weighted by atomic mass is 9.92. The van der Waals surface area contributed by atoms with Crippen LogP contribution in [-0.2, 0) is 12.0 Å². The van der Waals surface area contributed by atoms with Crippen LogP contribution in [0.5, 0.6) is 0 Å². The molecule has 0 radical (unpaired) electrons. The van der Waals surface area contributed by atoms with Gasteiger partial charge < -0.3 is 15.2 Å². The largest absolute Gasteiger partial charge is 0.361 e. The molecule has 0 fully saturated rings. The molecule has 3 rings (SSSR count). The van der Waals surface area contributed by atoms with E-state index in [1.807, 2.05) is 19.1 Å². The maximum absolute atomic E-state index is 5.04. The minimum atomic E-state index is -0.00171. The van der Waals surface area contributed by atoms with Gasteiger partial charge in [0, 0.05) is 29.4 Å². The summed E-state index contributed by atoms with van der Waals surface area (Å²) in [4.78, 5) is 8.72. The van der Waals surface area contributed by atoms with E-state index in [0.717, 1.165) is 21.6 Å². The van der Waals surface area contributed by atoms with Crippen molar-refractivity contribution < 1.29 is 4.52 Å². The van der Waals surface area contributed by atoms with Crippen LogP contribution in [0.1, 0.15) is 37.9 Å². The molecular weight excluding hydrogens is 386 g/mol. The Morgan fingerprint density at radius 3 is 2.72 bits per heavy atom. The highest BCUT2D eigenvalue weighted by Gasteiger charge is 2.17. The van der Waals surface area contributed by atoms with Crippen LogP contribution < -0.4 is 10.6 Å². The first-order chi connectivity index (χ1) is 11.8. The minimum absolute atomic E-state index is 0.00171. The summed E-state index contributed by atoms with van der Waals surface area (Å²) in [7, 11) is 0. The summed E-state index contributed by atoms with van der Waals surface area (Å²) in [5.74, 6) is 2.57. The topological polar surface area (TPSA) is 105 Å². The van der Waals surface area contributed by atoms with Gasteiger partial charge in [-0.15, -0.1) is 0 Å². The highest BCUT2D eigenvalue weighted by atomic mass is 79.9. The molecule has 0 saturated heterocycles. The maximum Gasteiger partial charge on any atom is 0.225 e. The van der Waals surface area contributed by atoms with E-state index in [4.69, 9.17) is 4.52 Å². The van der Waals surface area contributed by atoms with Gasteiger partial charge in [-0.25, -0.2) is 4.98 Å². The second-order valence-electron chi connectivity index (χ2n) is 6.71. The SMILES string of the molecule is Cc1cc(CNc2ncc(Br)c(Nc3cc(C(C)(C)C)[nH]n3)n2)no1. The van der Waals surface area contributed by atoms with Crippen LogP contribution >= 0.6 is 15.9 Å². The van der Waals surface area contributed by atoms with Crippen molar-refractivity contribution in [2.75, 3.05) is 10.6 Å². The van der Waals surface area contributed by atoms with Crippen LogP contribution in [0.4, 0.5) is 17.6 Å². The summed E-state index contributed by atoms with van der Waals surface area (Å²) in [5, 5.41) is 17.6. The van der Waals surface area contributed by atoms with Crippen LogP contribution in [-0.4, -0.2) is 25.3 Å².